The van der Waals surface area contributed by atoms with Gasteiger partial charge in [-0.1, -0.05) is 19.1 Å². The average molecular weight is 327 g/mol. The van der Waals surface area contributed by atoms with Gasteiger partial charge in [-0.25, -0.2) is 4.79 Å². The number of hydrogen-bond donors (Lipinski definition) is 3. The van der Waals surface area contributed by atoms with E-state index in [-0.39, 0.29) is 0 Å². The van der Waals surface area contributed by atoms with E-state index in [0.29, 0.717) is 11.4 Å². The van der Waals surface area contributed by atoms with Gasteiger partial charge in [0, 0.05) is 11.4 Å². The lowest BCUT2D eigenvalue weighted by molar-refractivity contribution is 0.0636. The van der Waals surface area contributed by atoms with Crippen LogP contribution in [0.3, 0.4) is 0 Å². The molecule has 0 aliphatic carbocycles. The van der Waals surface area contributed by atoms with Crippen molar-refractivity contribution >= 4 is 28.8 Å². The van der Waals surface area contributed by atoms with Crippen LogP contribution in [0, 0.1) is 0 Å². The number of carbonyl (C=O) groups excluding carboxylic acids is 1. The van der Waals surface area contributed by atoms with Gasteiger partial charge >= 0.3 is 6.09 Å². The van der Waals surface area contributed by atoms with E-state index in [4.69, 9.17) is 10.5 Å². The first-order chi connectivity index (χ1) is 11.3. The second kappa shape index (κ2) is 7.25. The molecule has 0 saturated carbocycles. The highest BCUT2D eigenvalue weighted by Crippen LogP contribution is 2.26. The zero-order valence-electron chi connectivity index (χ0n) is 14.6. The highest BCUT2D eigenvalue weighted by molar-refractivity contribution is 5.86. The SMILES string of the molecule is CCc1ccc(Nc2cccc(NC(=O)OC(C)(C)C)c2)c(N)c1. The standard InChI is InChI=1S/C19H25N3O2/c1-5-13-9-10-17(16(20)11-13)21-14-7-6-8-15(12-14)22-18(23)24-19(2,3)4/h6-12,21H,5,20H2,1-4H3,(H,22,23). The second-order valence-corrected chi connectivity index (χ2v) is 6.61. The fraction of sp³-hybridized carbons (Fsp3) is 0.316. The van der Waals surface area contributed by atoms with Gasteiger partial charge in [0.05, 0.1) is 11.4 Å². The quantitative estimate of drug-likeness (QED) is 0.696. The van der Waals surface area contributed by atoms with Crippen LogP contribution in [0.4, 0.5) is 27.5 Å². The third kappa shape index (κ3) is 5.19. The van der Waals surface area contributed by atoms with E-state index in [0.717, 1.165) is 17.8 Å². The molecule has 2 aromatic carbocycles. The Morgan fingerprint density at radius 1 is 1.12 bits per heavy atom. The van der Waals surface area contributed by atoms with Crippen molar-refractivity contribution in [1.82, 2.24) is 0 Å². The summed E-state index contributed by atoms with van der Waals surface area (Å²) in [5.41, 5.74) is 9.75. The lowest BCUT2D eigenvalue weighted by Crippen LogP contribution is -2.27. The monoisotopic (exact) mass is 327 g/mol. The van der Waals surface area contributed by atoms with E-state index in [9.17, 15) is 4.79 Å². The number of carbonyl (C=O) groups is 1. The Hall–Kier alpha value is -2.69. The molecule has 0 fully saturated rings. The van der Waals surface area contributed by atoms with Gasteiger partial charge in [0.25, 0.3) is 0 Å². The molecule has 0 bridgehead atoms. The van der Waals surface area contributed by atoms with Gasteiger partial charge in [0.15, 0.2) is 0 Å². The van der Waals surface area contributed by atoms with Crippen LogP contribution < -0.4 is 16.4 Å². The largest absolute Gasteiger partial charge is 0.444 e. The van der Waals surface area contributed by atoms with E-state index in [1.165, 1.54) is 5.56 Å². The molecule has 0 radical (unpaired) electrons. The molecule has 0 spiro atoms. The van der Waals surface area contributed by atoms with Gasteiger partial charge < -0.3 is 15.8 Å². The Bertz CT molecular complexity index is 721. The van der Waals surface area contributed by atoms with Crippen molar-refractivity contribution < 1.29 is 9.53 Å². The van der Waals surface area contributed by atoms with Crippen LogP contribution in [0.25, 0.3) is 0 Å². The molecule has 0 aromatic heterocycles. The van der Waals surface area contributed by atoms with Gasteiger partial charge in [0.1, 0.15) is 5.60 Å². The van der Waals surface area contributed by atoms with Crippen LogP contribution in [-0.4, -0.2) is 11.7 Å². The average Bonchev–Trinajstić information content (AvgIpc) is 2.47. The Kier molecular flexibility index (Phi) is 5.34. The van der Waals surface area contributed by atoms with Crippen LogP contribution in [0.1, 0.15) is 33.3 Å². The summed E-state index contributed by atoms with van der Waals surface area (Å²) in [5, 5.41) is 5.99. The molecule has 1 amide bonds. The van der Waals surface area contributed by atoms with Crippen molar-refractivity contribution in [3.63, 3.8) is 0 Å². The molecule has 5 heteroatoms. The van der Waals surface area contributed by atoms with Crippen molar-refractivity contribution in [1.29, 1.82) is 0 Å². The van der Waals surface area contributed by atoms with E-state index in [2.05, 4.69) is 17.6 Å². The highest BCUT2D eigenvalue weighted by atomic mass is 16.6. The maximum Gasteiger partial charge on any atom is 0.412 e. The molecule has 0 aliphatic heterocycles. The first-order valence-corrected chi connectivity index (χ1v) is 8.02. The summed E-state index contributed by atoms with van der Waals surface area (Å²) >= 11 is 0. The van der Waals surface area contributed by atoms with E-state index in [1.807, 2.05) is 57.2 Å². The van der Waals surface area contributed by atoms with Gasteiger partial charge in [0.2, 0.25) is 0 Å². The number of benzene rings is 2. The topological polar surface area (TPSA) is 76.4 Å². The molecular formula is C19H25N3O2. The lowest BCUT2D eigenvalue weighted by Gasteiger charge is -2.20. The summed E-state index contributed by atoms with van der Waals surface area (Å²) in [6.45, 7) is 7.57. The third-order valence-electron chi connectivity index (χ3n) is 3.31. The van der Waals surface area contributed by atoms with E-state index in [1.54, 1.807) is 6.07 Å². The minimum absolute atomic E-state index is 0.480. The van der Waals surface area contributed by atoms with Crippen LogP contribution in [0.5, 0.6) is 0 Å². The van der Waals surface area contributed by atoms with Gasteiger partial charge in [-0.15, -0.1) is 0 Å². The smallest absolute Gasteiger partial charge is 0.412 e. The van der Waals surface area contributed by atoms with Gasteiger partial charge in [-0.2, -0.15) is 0 Å². The minimum atomic E-state index is -0.532. The number of nitrogens with two attached hydrogens (primary N) is 1. The predicted octanol–water partition coefficient (Wildman–Crippen LogP) is 4.92. The molecule has 0 aliphatic rings. The van der Waals surface area contributed by atoms with Crippen LogP contribution in [0.15, 0.2) is 42.5 Å². The van der Waals surface area contributed by atoms with E-state index >= 15 is 0 Å². The summed E-state index contributed by atoms with van der Waals surface area (Å²) in [4.78, 5) is 11.8. The third-order valence-corrected chi connectivity index (χ3v) is 3.31. The number of amides is 1. The summed E-state index contributed by atoms with van der Waals surface area (Å²) in [6.07, 6.45) is 0.464. The van der Waals surface area contributed by atoms with Crippen molar-refractivity contribution in [2.24, 2.45) is 0 Å². The summed E-state index contributed by atoms with van der Waals surface area (Å²) in [5.74, 6) is 0. The number of aryl methyl sites for hydroxylation is 1. The number of anilines is 4. The molecule has 4 N–H and O–H groups in total. The van der Waals surface area contributed by atoms with Crippen LogP contribution >= 0.6 is 0 Å². The maximum atomic E-state index is 11.8. The molecule has 0 atom stereocenters. The molecule has 2 aromatic rings. The molecule has 5 nitrogen and oxygen atoms in total. The van der Waals surface area contributed by atoms with Gasteiger partial charge in [-0.3, -0.25) is 5.32 Å². The Balaban J connectivity index is 2.09. The first kappa shape index (κ1) is 17.7. The molecule has 0 unspecified atom stereocenters. The Morgan fingerprint density at radius 3 is 2.46 bits per heavy atom. The highest BCUT2D eigenvalue weighted by Gasteiger charge is 2.16. The van der Waals surface area contributed by atoms with Crippen LogP contribution in [0.2, 0.25) is 0 Å². The number of ether oxygens (including phenoxy) is 1. The van der Waals surface area contributed by atoms with Crippen molar-refractivity contribution in [3.8, 4) is 0 Å². The maximum absolute atomic E-state index is 11.8. The molecule has 2 rings (SSSR count). The van der Waals surface area contributed by atoms with Gasteiger partial charge in [-0.05, 0) is 63.1 Å². The predicted molar refractivity (Wildman–Crippen MR) is 99.8 cm³/mol. The molecular weight excluding hydrogens is 302 g/mol. The fourth-order valence-corrected chi connectivity index (χ4v) is 2.20. The fourth-order valence-electron chi connectivity index (χ4n) is 2.20. The normalized spacial score (nSPS) is 11.0. The Morgan fingerprint density at radius 2 is 1.83 bits per heavy atom. The van der Waals surface area contributed by atoms with Crippen LogP contribution in [-0.2, 0) is 11.2 Å². The molecule has 0 heterocycles. The summed E-state index contributed by atoms with van der Waals surface area (Å²) in [7, 11) is 0. The minimum Gasteiger partial charge on any atom is -0.444 e. The summed E-state index contributed by atoms with van der Waals surface area (Å²) in [6, 6.07) is 13.4. The number of nitrogens with one attached hydrogen (secondary N) is 2. The molecule has 24 heavy (non-hydrogen) atoms. The second-order valence-electron chi connectivity index (χ2n) is 6.61. The summed E-state index contributed by atoms with van der Waals surface area (Å²) < 4.78 is 5.25. The lowest BCUT2D eigenvalue weighted by atomic mass is 10.1. The van der Waals surface area contributed by atoms with Crippen molar-refractivity contribution in [2.45, 2.75) is 39.7 Å². The van der Waals surface area contributed by atoms with Crippen molar-refractivity contribution in [3.05, 3.63) is 48.0 Å². The molecule has 128 valence electrons. The van der Waals surface area contributed by atoms with E-state index < -0.39 is 11.7 Å². The number of nitrogen functional groups attached to an aromatic ring is 1. The zero-order valence-corrected chi connectivity index (χ0v) is 14.6. The first-order valence-electron chi connectivity index (χ1n) is 8.02. The molecule has 0 saturated heterocycles. The number of hydrogen-bond acceptors (Lipinski definition) is 4. The van der Waals surface area contributed by atoms with Crippen molar-refractivity contribution in [2.75, 3.05) is 16.4 Å². The number of rotatable bonds is 4. The zero-order chi connectivity index (χ0) is 17.7. The Labute approximate surface area is 143 Å².